The fraction of sp³-hybridized carbons (Fsp3) is 0.333. The minimum atomic E-state index is -0.694. The van der Waals surface area contributed by atoms with Crippen LogP contribution >= 0.6 is 0 Å². The van der Waals surface area contributed by atoms with Gasteiger partial charge in [0.05, 0.1) is 7.11 Å². The lowest BCUT2D eigenvalue weighted by atomic mass is 9.94. The van der Waals surface area contributed by atoms with Crippen molar-refractivity contribution in [1.29, 1.82) is 0 Å². The Bertz CT molecular complexity index is 635. The van der Waals surface area contributed by atoms with E-state index in [1.165, 1.54) is 0 Å². The first-order chi connectivity index (χ1) is 9.93. The molecule has 112 valence electrons. The molecule has 0 aliphatic heterocycles. The molecule has 0 fully saturated rings. The van der Waals surface area contributed by atoms with Gasteiger partial charge in [0.15, 0.2) is 0 Å². The molecule has 1 N–H and O–H groups in total. The second kappa shape index (κ2) is 6.19. The summed E-state index contributed by atoms with van der Waals surface area (Å²) < 4.78 is 5.46. The van der Waals surface area contributed by atoms with Crippen LogP contribution in [0.2, 0.25) is 0 Å². The highest BCUT2D eigenvalue weighted by molar-refractivity contribution is 5.52. The third-order valence-electron chi connectivity index (χ3n) is 3.69. The molecule has 1 atom stereocenters. The summed E-state index contributed by atoms with van der Waals surface area (Å²) >= 11 is 0. The fourth-order valence-electron chi connectivity index (χ4n) is 2.60. The summed E-state index contributed by atoms with van der Waals surface area (Å²) in [5.41, 5.74) is 4.93. The van der Waals surface area contributed by atoms with Crippen LogP contribution in [0.15, 0.2) is 36.4 Å². The minimum Gasteiger partial charge on any atom is -0.496 e. The van der Waals surface area contributed by atoms with Gasteiger partial charge in [0.25, 0.3) is 0 Å². The SMILES string of the molecule is COc1cc(C)cc(C)c1C(O)c1cccc(N(C)C)c1. The average Bonchev–Trinajstić information content (AvgIpc) is 2.45. The topological polar surface area (TPSA) is 32.7 Å². The van der Waals surface area contributed by atoms with Crippen LogP contribution in [-0.4, -0.2) is 26.3 Å². The Morgan fingerprint density at radius 2 is 1.81 bits per heavy atom. The second-order valence-corrected chi connectivity index (χ2v) is 5.59. The predicted octanol–water partition coefficient (Wildman–Crippen LogP) is 3.46. The van der Waals surface area contributed by atoms with Gasteiger partial charge in [-0.3, -0.25) is 0 Å². The Kier molecular flexibility index (Phi) is 4.53. The largest absolute Gasteiger partial charge is 0.496 e. The second-order valence-electron chi connectivity index (χ2n) is 5.59. The number of aryl methyl sites for hydroxylation is 2. The summed E-state index contributed by atoms with van der Waals surface area (Å²) in [5.74, 6) is 0.732. The zero-order valence-corrected chi connectivity index (χ0v) is 13.3. The van der Waals surface area contributed by atoms with Gasteiger partial charge in [-0.1, -0.05) is 18.2 Å². The number of methoxy groups -OCH3 is 1. The smallest absolute Gasteiger partial charge is 0.125 e. The first-order valence-corrected chi connectivity index (χ1v) is 7.04. The normalized spacial score (nSPS) is 12.1. The van der Waals surface area contributed by atoms with E-state index in [2.05, 4.69) is 6.07 Å². The molecule has 0 aliphatic carbocycles. The molecule has 0 aromatic heterocycles. The van der Waals surface area contributed by atoms with Crippen LogP contribution < -0.4 is 9.64 Å². The highest BCUT2D eigenvalue weighted by Crippen LogP contribution is 2.34. The molecule has 0 amide bonds. The molecule has 2 aromatic carbocycles. The van der Waals surface area contributed by atoms with Crippen molar-refractivity contribution in [2.24, 2.45) is 0 Å². The van der Waals surface area contributed by atoms with Gasteiger partial charge >= 0.3 is 0 Å². The summed E-state index contributed by atoms with van der Waals surface area (Å²) in [5, 5.41) is 10.8. The lowest BCUT2D eigenvalue weighted by Crippen LogP contribution is -2.10. The molecule has 3 nitrogen and oxygen atoms in total. The van der Waals surface area contributed by atoms with Gasteiger partial charge in [0, 0.05) is 25.3 Å². The van der Waals surface area contributed by atoms with Crippen molar-refractivity contribution >= 4 is 5.69 Å². The summed E-state index contributed by atoms with van der Waals surface area (Å²) in [6, 6.07) is 12.0. The third kappa shape index (κ3) is 3.19. The molecule has 0 aliphatic rings. The number of ether oxygens (including phenoxy) is 1. The molecular weight excluding hydrogens is 262 g/mol. The molecule has 0 heterocycles. The maximum absolute atomic E-state index is 10.8. The molecule has 0 radical (unpaired) electrons. The molecule has 21 heavy (non-hydrogen) atoms. The Morgan fingerprint density at radius 3 is 2.43 bits per heavy atom. The van der Waals surface area contributed by atoms with E-state index in [-0.39, 0.29) is 0 Å². The minimum absolute atomic E-state index is 0.694. The zero-order valence-electron chi connectivity index (χ0n) is 13.3. The predicted molar refractivity (Wildman–Crippen MR) is 87.3 cm³/mol. The highest BCUT2D eigenvalue weighted by Gasteiger charge is 2.19. The van der Waals surface area contributed by atoms with Gasteiger partial charge in [-0.05, 0) is 48.7 Å². The lowest BCUT2D eigenvalue weighted by molar-refractivity contribution is 0.214. The lowest BCUT2D eigenvalue weighted by Gasteiger charge is -2.20. The molecule has 1 unspecified atom stereocenters. The maximum atomic E-state index is 10.8. The van der Waals surface area contributed by atoms with Gasteiger partial charge in [0.2, 0.25) is 0 Å². The van der Waals surface area contributed by atoms with Gasteiger partial charge in [-0.25, -0.2) is 0 Å². The number of rotatable bonds is 4. The Hall–Kier alpha value is -2.00. The Labute approximate surface area is 126 Å². The number of hydrogen-bond acceptors (Lipinski definition) is 3. The van der Waals surface area contributed by atoms with Crippen LogP contribution in [0.25, 0.3) is 0 Å². The van der Waals surface area contributed by atoms with Crippen molar-refractivity contribution in [2.45, 2.75) is 20.0 Å². The number of anilines is 1. The third-order valence-corrected chi connectivity index (χ3v) is 3.69. The standard InChI is InChI=1S/C18H23NO2/c1-12-9-13(2)17(16(10-12)21-5)18(20)14-7-6-8-15(11-14)19(3)4/h6-11,18,20H,1-5H3. The first-order valence-electron chi connectivity index (χ1n) is 7.04. The Balaban J connectivity index is 2.49. The fourth-order valence-corrected chi connectivity index (χ4v) is 2.60. The van der Waals surface area contributed by atoms with E-state index in [1.54, 1.807) is 7.11 Å². The van der Waals surface area contributed by atoms with Crippen LogP contribution in [-0.2, 0) is 0 Å². The first kappa shape index (κ1) is 15.4. The van der Waals surface area contributed by atoms with Gasteiger partial charge in [-0.15, -0.1) is 0 Å². The van der Waals surface area contributed by atoms with E-state index in [0.29, 0.717) is 0 Å². The molecule has 3 heteroatoms. The van der Waals surface area contributed by atoms with Crippen LogP contribution in [0.5, 0.6) is 5.75 Å². The van der Waals surface area contributed by atoms with E-state index in [1.807, 2.05) is 63.2 Å². The van der Waals surface area contributed by atoms with E-state index in [0.717, 1.165) is 33.7 Å². The van der Waals surface area contributed by atoms with Crippen LogP contribution in [0.4, 0.5) is 5.69 Å². The van der Waals surface area contributed by atoms with E-state index in [9.17, 15) is 5.11 Å². The van der Waals surface area contributed by atoms with Crippen molar-refractivity contribution in [1.82, 2.24) is 0 Å². The summed E-state index contributed by atoms with van der Waals surface area (Å²) in [4.78, 5) is 2.02. The summed E-state index contributed by atoms with van der Waals surface area (Å²) in [6.07, 6.45) is -0.694. The van der Waals surface area contributed by atoms with Crippen LogP contribution in [0.1, 0.15) is 28.4 Å². The molecule has 0 bridgehead atoms. The molecule has 2 aromatic rings. The average molecular weight is 285 g/mol. The number of aliphatic hydroxyl groups excluding tert-OH is 1. The van der Waals surface area contributed by atoms with E-state index >= 15 is 0 Å². The van der Waals surface area contributed by atoms with Crippen molar-refractivity contribution in [3.05, 3.63) is 58.7 Å². The van der Waals surface area contributed by atoms with E-state index < -0.39 is 6.10 Å². The quantitative estimate of drug-likeness (QED) is 0.934. The van der Waals surface area contributed by atoms with Crippen LogP contribution in [0, 0.1) is 13.8 Å². The number of benzene rings is 2. The molecule has 0 saturated carbocycles. The Morgan fingerprint density at radius 1 is 1.10 bits per heavy atom. The summed E-state index contributed by atoms with van der Waals surface area (Å²) in [6.45, 7) is 4.03. The van der Waals surface area contributed by atoms with E-state index in [4.69, 9.17) is 4.74 Å². The molecule has 0 saturated heterocycles. The number of hydrogen-bond donors (Lipinski definition) is 1. The number of aliphatic hydroxyl groups is 1. The summed E-state index contributed by atoms with van der Waals surface area (Å²) in [7, 11) is 5.62. The van der Waals surface area contributed by atoms with Crippen molar-refractivity contribution in [3.8, 4) is 5.75 Å². The monoisotopic (exact) mass is 285 g/mol. The van der Waals surface area contributed by atoms with Gasteiger partial charge < -0.3 is 14.7 Å². The molecule has 0 spiro atoms. The highest BCUT2D eigenvalue weighted by atomic mass is 16.5. The molecular formula is C18H23NO2. The zero-order chi connectivity index (χ0) is 15.6. The van der Waals surface area contributed by atoms with Gasteiger partial charge in [0.1, 0.15) is 11.9 Å². The van der Waals surface area contributed by atoms with Crippen molar-refractivity contribution < 1.29 is 9.84 Å². The maximum Gasteiger partial charge on any atom is 0.125 e. The number of nitrogens with zero attached hydrogens (tertiary/aromatic N) is 1. The van der Waals surface area contributed by atoms with Crippen molar-refractivity contribution in [3.63, 3.8) is 0 Å². The van der Waals surface area contributed by atoms with Crippen LogP contribution in [0.3, 0.4) is 0 Å². The molecule has 2 rings (SSSR count). The van der Waals surface area contributed by atoms with Crippen molar-refractivity contribution in [2.75, 3.05) is 26.1 Å². The van der Waals surface area contributed by atoms with Gasteiger partial charge in [-0.2, -0.15) is 0 Å².